The predicted octanol–water partition coefficient (Wildman–Crippen LogP) is 2.07. The van der Waals surface area contributed by atoms with E-state index in [1.807, 2.05) is 11.8 Å². The smallest absolute Gasteiger partial charge is 0.0187 e. The van der Waals surface area contributed by atoms with Crippen LogP contribution in [0.4, 0.5) is 0 Å². The Morgan fingerprint density at radius 1 is 1.08 bits per heavy atom. The minimum atomic E-state index is 1.12. The fourth-order valence-electron chi connectivity index (χ4n) is 1.62. The van der Waals surface area contributed by atoms with E-state index < -0.39 is 0 Å². The van der Waals surface area contributed by atoms with Gasteiger partial charge in [-0.1, -0.05) is 24.3 Å². The average molecular weight is 193 g/mol. The molecule has 70 valence electrons. The first-order valence-corrected chi connectivity index (χ1v) is 5.97. The highest BCUT2D eigenvalue weighted by atomic mass is 32.2. The van der Waals surface area contributed by atoms with Gasteiger partial charge in [0.2, 0.25) is 0 Å². The number of benzene rings is 1. The summed E-state index contributed by atoms with van der Waals surface area (Å²) >= 11 is 2.02. The van der Waals surface area contributed by atoms with Crippen molar-refractivity contribution in [1.29, 1.82) is 0 Å². The molecule has 0 spiro atoms. The molecule has 1 N–H and O–H groups in total. The largest absolute Gasteiger partial charge is 0.316 e. The van der Waals surface area contributed by atoms with E-state index in [1.54, 1.807) is 0 Å². The van der Waals surface area contributed by atoms with Crippen molar-refractivity contribution in [2.75, 3.05) is 18.8 Å². The Morgan fingerprint density at radius 3 is 2.85 bits per heavy atom. The molecule has 0 saturated carbocycles. The third-order valence-electron chi connectivity index (χ3n) is 2.37. The molecule has 0 saturated heterocycles. The predicted molar refractivity (Wildman–Crippen MR) is 59.2 cm³/mol. The van der Waals surface area contributed by atoms with Crippen LogP contribution in [0.25, 0.3) is 0 Å². The Bertz CT molecular complexity index is 246. The number of hydrogen-bond donors (Lipinski definition) is 1. The van der Waals surface area contributed by atoms with Crippen LogP contribution in [0.15, 0.2) is 24.3 Å². The Kier molecular flexibility index (Phi) is 3.27. The van der Waals surface area contributed by atoms with Crippen LogP contribution in [0.1, 0.15) is 11.1 Å². The summed E-state index contributed by atoms with van der Waals surface area (Å²) in [7, 11) is 0. The van der Waals surface area contributed by atoms with Crippen LogP contribution in [0.5, 0.6) is 0 Å². The van der Waals surface area contributed by atoms with Gasteiger partial charge in [-0.15, -0.1) is 0 Å². The molecule has 1 aromatic rings. The normalized spacial score (nSPS) is 18.2. The molecule has 2 heteroatoms. The zero-order valence-electron chi connectivity index (χ0n) is 7.75. The van der Waals surface area contributed by atoms with Gasteiger partial charge in [0, 0.05) is 18.1 Å². The van der Waals surface area contributed by atoms with Gasteiger partial charge >= 0.3 is 0 Å². The van der Waals surface area contributed by atoms with Crippen LogP contribution in [-0.2, 0) is 12.2 Å². The van der Waals surface area contributed by atoms with Crippen LogP contribution in [0.3, 0.4) is 0 Å². The zero-order valence-corrected chi connectivity index (χ0v) is 8.57. The van der Waals surface area contributed by atoms with Gasteiger partial charge in [-0.2, -0.15) is 11.8 Å². The van der Waals surface area contributed by atoms with E-state index in [4.69, 9.17) is 0 Å². The summed E-state index contributed by atoms with van der Waals surface area (Å²) in [5, 5.41) is 3.45. The van der Waals surface area contributed by atoms with Crippen LogP contribution in [0.2, 0.25) is 0 Å². The number of fused-ring (bicyclic) bond motifs is 1. The zero-order chi connectivity index (χ0) is 8.93. The molecule has 0 fully saturated rings. The van der Waals surface area contributed by atoms with Gasteiger partial charge in [0.1, 0.15) is 0 Å². The molecule has 1 aliphatic heterocycles. The lowest BCUT2D eigenvalue weighted by Gasteiger charge is -2.05. The lowest BCUT2D eigenvalue weighted by atomic mass is 10.1. The van der Waals surface area contributed by atoms with Gasteiger partial charge in [-0.05, 0) is 24.1 Å². The highest BCUT2D eigenvalue weighted by Crippen LogP contribution is 2.17. The first-order chi connectivity index (χ1) is 6.47. The minimum absolute atomic E-state index is 1.12. The molecule has 0 radical (unpaired) electrons. The Labute approximate surface area is 83.9 Å². The van der Waals surface area contributed by atoms with Crippen molar-refractivity contribution in [1.82, 2.24) is 5.32 Å². The molecule has 0 atom stereocenters. The summed E-state index contributed by atoms with van der Waals surface area (Å²) in [4.78, 5) is 0. The second-order valence-electron chi connectivity index (χ2n) is 3.32. The van der Waals surface area contributed by atoms with Crippen LogP contribution in [0, 0.1) is 0 Å². The van der Waals surface area contributed by atoms with Gasteiger partial charge in [0.15, 0.2) is 0 Å². The molecule has 0 unspecified atom stereocenters. The fraction of sp³-hybridized carbons (Fsp3) is 0.455. The summed E-state index contributed by atoms with van der Waals surface area (Å²) in [6.45, 7) is 2.27. The maximum atomic E-state index is 3.45. The first kappa shape index (κ1) is 9.10. The molecule has 0 aromatic heterocycles. The quantitative estimate of drug-likeness (QED) is 0.677. The molecule has 0 bridgehead atoms. The van der Waals surface area contributed by atoms with E-state index in [1.165, 1.54) is 29.1 Å². The molecule has 2 rings (SSSR count). The van der Waals surface area contributed by atoms with E-state index in [0.29, 0.717) is 0 Å². The Balaban J connectivity index is 2.17. The van der Waals surface area contributed by atoms with Crippen molar-refractivity contribution < 1.29 is 0 Å². The molecule has 13 heavy (non-hydrogen) atoms. The van der Waals surface area contributed by atoms with Gasteiger partial charge in [-0.3, -0.25) is 0 Å². The number of nitrogens with one attached hydrogen (secondary N) is 1. The van der Waals surface area contributed by atoms with Crippen molar-refractivity contribution in [3.05, 3.63) is 35.4 Å². The van der Waals surface area contributed by atoms with Crippen LogP contribution < -0.4 is 5.32 Å². The van der Waals surface area contributed by atoms with E-state index in [9.17, 15) is 0 Å². The molecule has 1 aromatic carbocycles. The monoisotopic (exact) mass is 193 g/mol. The van der Waals surface area contributed by atoms with Crippen molar-refractivity contribution in [3.63, 3.8) is 0 Å². The van der Waals surface area contributed by atoms with Gasteiger partial charge in [0.05, 0.1) is 0 Å². The molecule has 0 aliphatic carbocycles. The topological polar surface area (TPSA) is 12.0 Å². The van der Waals surface area contributed by atoms with Crippen LogP contribution >= 0.6 is 11.8 Å². The minimum Gasteiger partial charge on any atom is -0.316 e. The van der Waals surface area contributed by atoms with Crippen molar-refractivity contribution >= 4 is 11.8 Å². The highest BCUT2D eigenvalue weighted by Gasteiger charge is 2.03. The number of hydrogen-bond acceptors (Lipinski definition) is 2. The summed E-state index contributed by atoms with van der Waals surface area (Å²) < 4.78 is 0. The second-order valence-corrected chi connectivity index (χ2v) is 4.43. The summed E-state index contributed by atoms with van der Waals surface area (Å²) in [5.41, 5.74) is 3.04. The summed E-state index contributed by atoms with van der Waals surface area (Å²) in [5.74, 6) is 2.41. The maximum absolute atomic E-state index is 3.45. The molecular weight excluding hydrogens is 178 g/mol. The summed E-state index contributed by atoms with van der Waals surface area (Å²) in [6.07, 6.45) is 1.18. The third-order valence-corrected chi connectivity index (χ3v) is 3.38. The van der Waals surface area contributed by atoms with Crippen molar-refractivity contribution in [3.8, 4) is 0 Å². The molecule has 1 heterocycles. The van der Waals surface area contributed by atoms with Gasteiger partial charge < -0.3 is 5.32 Å². The van der Waals surface area contributed by atoms with E-state index in [-0.39, 0.29) is 0 Å². The van der Waals surface area contributed by atoms with E-state index in [0.717, 1.165) is 13.1 Å². The number of thioether (sulfide) groups is 1. The maximum Gasteiger partial charge on any atom is 0.0187 e. The van der Waals surface area contributed by atoms with Gasteiger partial charge in [0.25, 0.3) is 0 Å². The Morgan fingerprint density at radius 2 is 1.92 bits per heavy atom. The molecular formula is C11H15NS. The summed E-state index contributed by atoms with van der Waals surface area (Å²) in [6, 6.07) is 8.79. The SMILES string of the molecule is c1ccc2c(c1)CCNCCSC2. The number of rotatable bonds is 0. The fourth-order valence-corrected chi connectivity index (χ4v) is 2.55. The van der Waals surface area contributed by atoms with E-state index in [2.05, 4.69) is 29.6 Å². The Hall–Kier alpha value is -0.470. The van der Waals surface area contributed by atoms with Gasteiger partial charge in [-0.25, -0.2) is 0 Å². The van der Waals surface area contributed by atoms with Crippen molar-refractivity contribution in [2.24, 2.45) is 0 Å². The van der Waals surface area contributed by atoms with Crippen molar-refractivity contribution in [2.45, 2.75) is 12.2 Å². The third kappa shape index (κ3) is 2.48. The molecule has 1 nitrogen and oxygen atoms in total. The average Bonchev–Trinajstić information content (AvgIpc) is 2.28. The highest BCUT2D eigenvalue weighted by molar-refractivity contribution is 7.98. The molecule has 1 aliphatic rings. The molecule has 0 amide bonds. The first-order valence-electron chi connectivity index (χ1n) is 4.82. The second kappa shape index (κ2) is 4.68. The standard InChI is InChI=1S/C11H15NS/c1-2-4-11-9-13-8-7-12-6-5-10(11)3-1/h1-4,12H,5-9H2. The van der Waals surface area contributed by atoms with Crippen LogP contribution in [-0.4, -0.2) is 18.8 Å². The van der Waals surface area contributed by atoms with E-state index >= 15 is 0 Å². The lowest BCUT2D eigenvalue weighted by Crippen LogP contribution is -2.19. The lowest BCUT2D eigenvalue weighted by molar-refractivity contribution is 0.722.